The molecule has 0 bridgehead atoms. The van der Waals surface area contributed by atoms with Gasteiger partial charge in [-0.2, -0.15) is 0 Å². The summed E-state index contributed by atoms with van der Waals surface area (Å²) < 4.78 is 18.6. The second-order valence-corrected chi connectivity index (χ2v) is 7.09. The Morgan fingerprint density at radius 1 is 1.30 bits per heavy atom. The van der Waals surface area contributed by atoms with E-state index in [0.29, 0.717) is 29.8 Å². The molecule has 0 fully saturated rings. The van der Waals surface area contributed by atoms with Gasteiger partial charge in [0, 0.05) is 23.5 Å². The summed E-state index contributed by atoms with van der Waals surface area (Å²) in [5.74, 6) is 0.234. The van der Waals surface area contributed by atoms with Crippen molar-refractivity contribution in [2.75, 3.05) is 13.1 Å². The average Bonchev–Trinajstić information content (AvgIpc) is 3.06. The number of benzene rings is 1. The molecule has 27 heavy (non-hydrogen) atoms. The molecule has 0 atom stereocenters. The molecule has 0 radical (unpaired) electrons. The monoisotopic (exact) mass is 394 g/mol. The molecule has 8 heteroatoms. The van der Waals surface area contributed by atoms with E-state index in [0.717, 1.165) is 5.56 Å². The van der Waals surface area contributed by atoms with Crippen LogP contribution >= 0.6 is 11.6 Å². The minimum absolute atomic E-state index is 0.102. The highest BCUT2D eigenvalue weighted by molar-refractivity contribution is 6.31. The van der Waals surface area contributed by atoms with Crippen LogP contribution in [0.2, 0.25) is 5.02 Å². The quantitative estimate of drug-likeness (QED) is 0.496. The number of rotatable bonds is 7. The highest BCUT2D eigenvalue weighted by Crippen LogP contribution is 2.29. The van der Waals surface area contributed by atoms with Gasteiger partial charge >= 0.3 is 0 Å². The van der Waals surface area contributed by atoms with E-state index in [-0.39, 0.29) is 23.5 Å². The fourth-order valence-corrected chi connectivity index (χ4v) is 2.96. The first-order valence-corrected chi connectivity index (χ1v) is 8.97. The molecule has 1 amide bonds. The van der Waals surface area contributed by atoms with Crippen molar-refractivity contribution in [3.05, 3.63) is 58.3 Å². The first-order valence-electron chi connectivity index (χ1n) is 8.59. The smallest absolute Gasteiger partial charge is 0.284 e. The molecule has 0 unspecified atom stereocenters. The average molecular weight is 395 g/mol. The fourth-order valence-electron chi connectivity index (χ4n) is 2.53. The van der Waals surface area contributed by atoms with Crippen LogP contribution in [0.3, 0.4) is 0 Å². The number of nitrogens with one attached hydrogen (secondary N) is 2. The van der Waals surface area contributed by atoms with Crippen LogP contribution in [-0.2, 0) is 12.0 Å². The number of primary amides is 1. The van der Waals surface area contributed by atoms with Gasteiger partial charge in [0.05, 0.1) is 0 Å². The second-order valence-electron chi connectivity index (χ2n) is 6.69. The van der Waals surface area contributed by atoms with Crippen LogP contribution in [-0.4, -0.2) is 25.0 Å². The normalized spacial score (nSPS) is 12.1. The van der Waals surface area contributed by atoms with Gasteiger partial charge in [-0.05, 0) is 36.8 Å². The zero-order valence-corrected chi connectivity index (χ0v) is 16.4. The summed E-state index contributed by atoms with van der Waals surface area (Å²) in [5, 5.41) is 6.78. The summed E-state index contributed by atoms with van der Waals surface area (Å²) in [6.07, 6.45) is 0. The highest BCUT2D eigenvalue weighted by atomic mass is 35.5. The van der Waals surface area contributed by atoms with Crippen molar-refractivity contribution < 1.29 is 13.6 Å². The molecule has 2 rings (SSSR count). The lowest BCUT2D eigenvalue weighted by atomic mass is 9.84. The van der Waals surface area contributed by atoms with Gasteiger partial charge in [0.2, 0.25) is 0 Å². The van der Waals surface area contributed by atoms with E-state index < -0.39 is 5.91 Å². The Labute approximate surface area is 163 Å². The first-order chi connectivity index (χ1) is 12.7. The Bertz CT molecular complexity index is 833. The molecule has 0 aliphatic carbocycles. The first kappa shape index (κ1) is 20.8. The largest absolute Gasteiger partial charge is 0.454 e. The topological polar surface area (TPSA) is 92.6 Å². The van der Waals surface area contributed by atoms with Crippen LogP contribution in [0.5, 0.6) is 0 Å². The number of nitrogens with zero attached hydrogens (tertiary/aromatic N) is 1. The molecule has 2 aromatic rings. The Morgan fingerprint density at radius 3 is 2.63 bits per heavy atom. The van der Waals surface area contributed by atoms with Gasteiger partial charge in [-0.1, -0.05) is 31.5 Å². The predicted octanol–water partition coefficient (Wildman–Crippen LogP) is 3.20. The van der Waals surface area contributed by atoms with Crippen LogP contribution < -0.4 is 16.4 Å². The number of halogens is 2. The van der Waals surface area contributed by atoms with Crippen LogP contribution in [0, 0.1) is 5.82 Å². The molecule has 4 N–H and O–H groups in total. The predicted molar refractivity (Wildman–Crippen MR) is 104 cm³/mol. The third-order valence-corrected chi connectivity index (χ3v) is 4.31. The van der Waals surface area contributed by atoms with Crippen molar-refractivity contribution >= 4 is 23.5 Å². The summed E-state index contributed by atoms with van der Waals surface area (Å²) in [6.45, 7) is 7.42. The van der Waals surface area contributed by atoms with Crippen molar-refractivity contribution in [3.63, 3.8) is 0 Å². The SMILES string of the molecule is CCNC(=NCc1ccc(C(N)=O)o1)NCC(C)(C)c1ccc(F)cc1Cl. The Kier molecular flexibility index (Phi) is 6.85. The molecule has 0 aliphatic heterocycles. The number of hydrogen-bond donors (Lipinski definition) is 3. The van der Waals surface area contributed by atoms with Gasteiger partial charge < -0.3 is 20.8 Å². The Morgan fingerprint density at radius 2 is 2.04 bits per heavy atom. The number of furan rings is 1. The van der Waals surface area contributed by atoms with Crippen molar-refractivity contribution in [2.24, 2.45) is 10.7 Å². The summed E-state index contributed by atoms with van der Waals surface area (Å²) in [5.41, 5.74) is 5.66. The standard InChI is InChI=1S/C19H24ClFN4O2/c1-4-23-18(24-10-13-6-8-16(27-13)17(22)26)25-11-19(2,3)14-7-5-12(21)9-15(14)20/h5-9H,4,10-11H2,1-3H3,(H2,22,26)(H2,23,24,25). The van der Waals surface area contributed by atoms with Crippen LogP contribution in [0.15, 0.2) is 39.7 Å². The zero-order chi connectivity index (χ0) is 20.0. The summed E-state index contributed by atoms with van der Waals surface area (Å²) >= 11 is 6.20. The van der Waals surface area contributed by atoms with E-state index in [1.807, 2.05) is 20.8 Å². The third-order valence-electron chi connectivity index (χ3n) is 4.00. The molecule has 0 aliphatic rings. The van der Waals surface area contributed by atoms with E-state index in [4.69, 9.17) is 21.8 Å². The van der Waals surface area contributed by atoms with Gasteiger partial charge in [-0.25, -0.2) is 9.38 Å². The number of guanidine groups is 1. The Balaban J connectivity index is 2.06. The lowest BCUT2D eigenvalue weighted by Gasteiger charge is -2.27. The number of amides is 1. The lowest BCUT2D eigenvalue weighted by Crippen LogP contribution is -2.43. The Hall–Kier alpha value is -2.54. The maximum absolute atomic E-state index is 13.3. The van der Waals surface area contributed by atoms with E-state index in [1.54, 1.807) is 12.1 Å². The third kappa shape index (κ3) is 5.72. The zero-order valence-electron chi connectivity index (χ0n) is 15.6. The number of nitrogens with two attached hydrogens (primary N) is 1. The van der Waals surface area contributed by atoms with Gasteiger partial charge in [0.25, 0.3) is 5.91 Å². The van der Waals surface area contributed by atoms with Crippen molar-refractivity contribution in [1.29, 1.82) is 0 Å². The van der Waals surface area contributed by atoms with Crippen LogP contribution in [0.1, 0.15) is 42.6 Å². The van der Waals surface area contributed by atoms with E-state index in [9.17, 15) is 9.18 Å². The fraction of sp³-hybridized carbons (Fsp3) is 0.368. The van der Waals surface area contributed by atoms with Crippen molar-refractivity contribution in [3.8, 4) is 0 Å². The molecule has 146 valence electrons. The minimum Gasteiger partial charge on any atom is -0.454 e. The number of aliphatic imine (C=N–C) groups is 1. The van der Waals surface area contributed by atoms with Gasteiger partial charge in [0.1, 0.15) is 18.1 Å². The summed E-state index contributed by atoms with van der Waals surface area (Å²) in [6, 6.07) is 7.58. The molecule has 0 saturated carbocycles. The molecule has 1 aromatic carbocycles. The maximum atomic E-state index is 13.3. The molecule has 1 heterocycles. The summed E-state index contributed by atoms with van der Waals surface area (Å²) in [7, 11) is 0. The molecular formula is C19H24ClFN4O2. The molecule has 1 aromatic heterocycles. The van der Waals surface area contributed by atoms with Gasteiger partial charge in [0.15, 0.2) is 11.7 Å². The number of carbonyl (C=O) groups is 1. The van der Waals surface area contributed by atoms with Crippen LogP contribution in [0.25, 0.3) is 0 Å². The van der Waals surface area contributed by atoms with Crippen LogP contribution in [0.4, 0.5) is 4.39 Å². The van der Waals surface area contributed by atoms with E-state index >= 15 is 0 Å². The maximum Gasteiger partial charge on any atom is 0.284 e. The highest BCUT2D eigenvalue weighted by Gasteiger charge is 2.24. The van der Waals surface area contributed by atoms with Gasteiger partial charge in [-0.15, -0.1) is 0 Å². The van der Waals surface area contributed by atoms with Crippen molar-refractivity contribution in [1.82, 2.24) is 10.6 Å². The molecular weight excluding hydrogens is 371 g/mol. The van der Waals surface area contributed by atoms with E-state index in [2.05, 4.69) is 15.6 Å². The molecule has 6 nitrogen and oxygen atoms in total. The summed E-state index contributed by atoms with van der Waals surface area (Å²) in [4.78, 5) is 15.5. The number of hydrogen-bond acceptors (Lipinski definition) is 3. The molecule has 0 spiro atoms. The van der Waals surface area contributed by atoms with Gasteiger partial charge in [-0.3, -0.25) is 4.79 Å². The van der Waals surface area contributed by atoms with E-state index in [1.165, 1.54) is 18.2 Å². The molecule has 0 saturated heterocycles. The number of carbonyl (C=O) groups excluding carboxylic acids is 1. The lowest BCUT2D eigenvalue weighted by molar-refractivity contribution is 0.0972. The minimum atomic E-state index is -0.617. The second kappa shape index (κ2) is 8.90. The van der Waals surface area contributed by atoms with Crippen molar-refractivity contribution in [2.45, 2.75) is 32.7 Å².